The fourth-order valence-electron chi connectivity index (χ4n) is 2.55. The summed E-state index contributed by atoms with van der Waals surface area (Å²) in [5, 5.41) is 0. The molecule has 0 bridgehead atoms. The van der Waals surface area contributed by atoms with Crippen molar-refractivity contribution < 1.29 is 9.29 Å². The number of nitrogens with one attached hydrogen (secondary N) is 1. The van der Waals surface area contributed by atoms with Crippen molar-refractivity contribution in [3.05, 3.63) is 40.4 Å². The second-order valence-electron chi connectivity index (χ2n) is 4.69. The van der Waals surface area contributed by atoms with E-state index in [0.717, 1.165) is 40.4 Å². The number of aromatic nitrogens is 2. The molecule has 1 atom stereocenters. The number of H-pyrrole nitrogens is 1. The molecule has 8 heteroatoms. The number of nitrogens with zero attached hydrogens (tertiary/aromatic N) is 1. The Morgan fingerprint density at radius 1 is 1.52 bits per heavy atom. The van der Waals surface area contributed by atoms with Crippen LogP contribution in [0.3, 0.4) is 0 Å². The highest BCUT2D eigenvalue weighted by Gasteiger charge is 2.23. The van der Waals surface area contributed by atoms with Gasteiger partial charge in [0.2, 0.25) is 0 Å². The molecule has 1 aliphatic heterocycles. The lowest BCUT2D eigenvalue weighted by atomic mass is 10.0. The van der Waals surface area contributed by atoms with E-state index >= 15 is 0 Å². The van der Waals surface area contributed by atoms with Crippen LogP contribution < -0.4 is 10.5 Å². The van der Waals surface area contributed by atoms with E-state index in [1.165, 1.54) is 0 Å². The predicted molar refractivity (Wildman–Crippen MR) is 87.9 cm³/mol. The Bertz CT molecular complexity index is 686. The number of benzene rings is 1. The first-order valence-corrected chi connectivity index (χ1v) is 7.47. The molecule has 2 aromatic rings. The summed E-state index contributed by atoms with van der Waals surface area (Å²) >= 11 is 6.06. The largest absolute Gasteiger partial charge is 0.491 e. The molecule has 5 nitrogen and oxygen atoms in total. The van der Waals surface area contributed by atoms with Crippen molar-refractivity contribution in [2.24, 2.45) is 5.73 Å². The van der Waals surface area contributed by atoms with Crippen LogP contribution in [-0.2, 0) is 13.0 Å². The summed E-state index contributed by atoms with van der Waals surface area (Å²) < 4.78 is 17.6. The molecule has 0 radical (unpaired) electrons. The lowest BCUT2D eigenvalue weighted by molar-refractivity contribution is 0.220. The Morgan fingerprint density at radius 3 is 3.05 bits per heavy atom. The zero-order chi connectivity index (χ0) is 14.1. The number of ether oxygens (including phenoxy) is 1. The predicted octanol–water partition coefficient (Wildman–Crippen LogP) is 3.17. The molecule has 21 heavy (non-hydrogen) atoms. The van der Waals surface area contributed by atoms with E-state index in [-0.39, 0.29) is 18.4 Å². The van der Waals surface area contributed by atoms with Gasteiger partial charge in [0.05, 0.1) is 11.7 Å². The number of fused-ring (bicyclic) bond motifs is 1. The maximum Gasteiger partial charge on any atom is 0.177 e. The molecule has 3 rings (SSSR count). The summed E-state index contributed by atoms with van der Waals surface area (Å²) in [7, 11) is 0. The van der Waals surface area contributed by atoms with Crippen molar-refractivity contribution in [1.82, 2.24) is 9.55 Å². The van der Waals surface area contributed by atoms with E-state index in [2.05, 4.69) is 4.98 Å². The fraction of sp³-hybridized carbons (Fsp3) is 0.308. The van der Waals surface area contributed by atoms with Crippen LogP contribution in [0.5, 0.6) is 5.75 Å². The minimum atomic E-state index is 0. The first-order chi connectivity index (χ1) is 9.72. The third-order valence-corrected chi connectivity index (χ3v) is 4.27. The summed E-state index contributed by atoms with van der Waals surface area (Å²) in [6.45, 7) is 1.00. The van der Waals surface area contributed by atoms with Crippen LogP contribution in [-0.4, -0.2) is 20.7 Å². The van der Waals surface area contributed by atoms with Gasteiger partial charge in [-0.3, -0.25) is 0 Å². The van der Waals surface area contributed by atoms with Gasteiger partial charge < -0.3 is 24.6 Å². The van der Waals surface area contributed by atoms with Gasteiger partial charge in [-0.25, -0.2) is 0 Å². The SMILES string of the molecule is Cl.NCc1c[nH]c(=S)n1C1COc2ccc(SO)cc2C1. The number of aromatic amines is 1. The molecular weight excluding hydrogens is 330 g/mol. The Morgan fingerprint density at radius 2 is 2.33 bits per heavy atom. The van der Waals surface area contributed by atoms with Gasteiger partial charge in [-0.1, -0.05) is 0 Å². The minimum Gasteiger partial charge on any atom is -0.491 e. The van der Waals surface area contributed by atoms with E-state index in [1.807, 2.05) is 29.0 Å². The summed E-state index contributed by atoms with van der Waals surface area (Å²) in [4.78, 5) is 3.84. The normalized spacial score (nSPS) is 16.8. The van der Waals surface area contributed by atoms with Crippen molar-refractivity contribution in [2.75, 3.05) is 6.61 Å². The molecule has 0 aliphatic carbocycles. The molecular formula is C13H16ClN3O2S2. The van der Waals surface area contributed by atoms with E-state index < -0.39 is 0 Å². The van der Waals surface area contributed by atoms with Gasteiger partial charge in [-0.15, -0.1) is 12.4 Å². The smallest absolute Gasteiger partial charge is 0.177 e. The van der Waals surface area contributed by atoms with Gasteiger partial charge in [0.25, 0.3) is 0 Å². The maximum atomic E-state index is 9.15. The van der Waals surface area contributed by atoms with Crippen LogP contribution in [0.25, 0.3) is 0 Å². The second kappa shape index (κ2) is 6.85. The zero-order valence-electron chi connectivity index (χ0n) is 11.1. The van der Waals surface area contributed by atoms with Crippen LogP contribution in [0.1, 0.15) is 17.3 Å². The van der Waals surface area contributed by atoms with Crippen LogP contribution in [0.15, 0.2) is 29.3 Å². The number of hydrogen-bond acceptors (Lipinski definition) is 5. The lowest BCUT2D eigenvalue weighted by Crippen LogP contribution is -2.26. The van der Waals surface area contributed by atoms with E-state index in [4.69, 9.17) is 27.2 Å². The number of halogens is 1. The third kappa shape index (κ3) is 3.12. The maximum absolute atomic E-state index is 9.15. The lowest BCUT2D eigenvalue weighted by Gasteiger charge is -2.27. The van der Waals surface area contributed by atoms with Gasteiger partial charge in [0.15, 0.2) is 4.77 Å². The highest BCUT2D eigenvalue weighted by atomic mass is 35.5. The summed E-state index contributed by atoms with van der Waals surface area (Å²) in [6.07, 6.45) is 2.65. The third-order valence-electron chi connectivity index (χ3n) is 3.49. The molecule has 1 aliphatic rings. The molecule has 1 unspecified atom stereocenters. The molecule has 0 fully saturated rings. The number of hydrogen-bond donors (Lipinski definition) is 3. The first kappa shape index (κ1) is 16.4. The highest BCUT2D eigenvalue weighted by Crippen LogP contribution is 2.33. The molecule has 114 valence electrons. The number of rotatable bonds is 3. The first-order valence-electron chi connectivity index (χ1n) is 6.29. The van der Waals surface area contributed by atoms with Crippen LogP contribution >= 0.6 is 36.7 Å². The quantitative estimate of drug-likeness (QED) is 0.588. The van der Waals surface area contributed by atoms with Crippen molar-refractivity contribution in [3.8, 4) is 5.75 Å². The van der Waals surface area contributed by atoms with E-state index in [1.54, 1.807) is 0 Å². The monoisotopic (exact) mass is 345 g/mol. The van der Waals surface area contributed by atoms with Crippen molar-refractivity contribution >= 4 is 36.7 Å². The van der Waals surface area contributed by atoms with E-state index in [0.29, 0.717) is 17.9 Å². The van der Waals surface area contributed by atoms with Gasteiger partial charge >= 0.3 is 0 Å². The van der Waals surface area contributed by atoms with Crippen molar-refractivity contribution in [1.29, 1.82) is 0 Å². The minimum absolute atomic E-state index is 0. The fourth-order valence-corrected chi connectivity index (χ4v) is 3.20. The van der Waals surface area contributed by atoms with E-state index in [9.17, 15) is 0 Å². The molecule has 2 heterocycles. The van der Waals surface area contributed by atoms with Crippen LogP contribution in [0.2, 0.25) is 0 Å². The molecule has 0 saturated carbocycles. The van der Waals surface area contributed by atoms with Crippen molar-refractivity contribution in [3.63, 3.8) is 0 Å². The Kier molecular flexibility index (Phi) is 5.34. The van der Waals surface area contributed by atoms with Gasteiger partial charge in [-0.05, 0) is 36.0 Å². The van der Waals surface area contributed by atoms with Gasteiger partial charge in [0, 0.05) is 36.1 Å². The summed E-state index contributed by atoms with van der Waals surface area (Å²) in [5.41, 5.74) is 7.79. The Hall–Kier alpha value is -0.990. The molecule has 1 aromatic carbocycles. The molecule has 1 aromatic heterocycles. The molecule has 0 saturated heterocycles. The summed E-state index contributed by atoms with van der Waals surface area (Å²) in [6, 6.07) is 5.81. The average Bonchev–Trinajstić information content (AvgIpc) is 2.87. The molecule has 4 N–H and O–H groups in total. The zero-order valence-corrected chi connectivity index (χ0v) is 13.6. The van der Waals surface area contributed by atoms with Crippen LogP contribution in [0, 0.1) is 4.77 Å². The molecule has 0 spiro atoms. The van der Waals surface area contributed by atoms with Gasteiger partial charge in [-0.2, -0.15) is 0 Å². The molecule has 0 amide bonds. The Balaban J connectivity index is 0.00000161. The summed E-state index contributed by atoms with van der Waals surface area (Å²) in [5.74, 6) is 0.871. The van der Waals surface area contributed by atoms with Gasteiger partial charge in [0.1, 0.15) is 12.4 Å². The average molecular weight is 346 g/mol. The van der Waals surface area contributed by atoms with Crippen molar-refractivity contribution in [2.45, 2.75) is 23.9 Å². The Labute approximate surface area is 138 Å². The topological polar surface area (TPSA) is 76.2 Å². The number of imidazole rings is 1. The standard InChI is InChI=1S/C13H15N3O2S2.ClH/c14-5-10-6-15-13(19)16(10)9-3-8-4-11(20-17)1-2-12(8)18-7-9;/h1-2,4,6,9,17H,3,5,7,14H2,(H,15,19);1H. The van der Waals surface area contributed by atoms with Crippen LogP contribution in [0.4, 0.5) is 0 Å². The second-order valence-corrected chi connectivity index (χ2v) is 5.73. The number of nitrogens with two attached hydrogens (primary N) is 1. The highest BCUT2D eigenvalue weighted by molar-refractivity contribution is 7.93.